The van der Waals surface area contributed by atoms with E-state index >= 15 is 0 Å². The fourth-order valence-corrected chi connectivity index (χ4v) is 5.02. The Kier molecular flexibility index (Phi) is 5.59. The van der Waals surface area contributed by atoms with E-state index in [2.05, 4.69) is 47.9 Å². The highest BCUT2D eigenvalue weighted by atomic mass is 16.5. The van der Waals surface area contributed by atoms with Crippen LogP contribution in [0.4, 0.5) is 11.5 Å². The Morgan fingerprint density at radius 3 is 2.60 bits per heavy atom. The summed E-state index contributed by atoms with van der Waals surface area (Å²) in [6.07, 6.45) is 6.62. The van der Waals surface area contributed by atoms with Crippen molar-refractivity contribution in [3.8, 4) is 17.0 Å². The first kappa shape index (κ1) is 20.9. The van der Waals surface area contributed by atoms with Gasteiger partial charge in [-0.05, 0) is 55.2 Å². The molecule has 1 saturated carbocycles. The Morgan fingerprint density at radius 1 is 1.17 bits per heavy atom. The zero-order chi connectivity index (χ0) is 21.5. The smallest absolute Gasteiger partial charge is 0.143 e. The van der Waals surface area contributed by atoms with Gasteiger partial charge in [0, 0.05) is 37.3 Å². The van der Waals surface area contributed by atoms with Gasteiger partial charge in [-0.2, -0.15) is 0 Å². The highest BCUT2D eigenvalue weighted by Crippen LogP contribution is 2.49. The summed E-state index contributed by atoms with van der Waals surface area (Å²) in [5.74, 6) is 1.48. The highest BCUT2D eigenvalue weighted by molar-refractivity contribution is 5.83. The van der Waals surface area contributed by atoms with Crippen LogP contribution >= 0.6 is 0 Å². The molecule has 1 aromatic carbocycles. The van der Waals surface area contributed by atoms with E-state index in [1.54, 1.807) is 6.33 Å². The summed E-state index contributed by atoms with van der Waals surface area (Å²) in [7, 11) is 2.09. The van der Waals surface area contributed by atoms with Gasteiger partial charge >= 0.3 is 0 Å². The minimum atomic E-state index is -0.178. The van der Waals surface area contributed by atoms with Gasteiger partial charge in [0.15, 0.2) is 0 Å². The van der Waals surface area contributed by atoms with Crippen LogP contribution in [0.2, 0.25) is 0 Å². The van der Waals surface area contributed by atoms with Crippen molar-refractivity contribution in [1.82, 2.24) is 9.97 Å². The quantitative estimate of drug-likeness (QED) is 0.694. The van der Waals surface area contributed by atoms with Crippen molar-refractivity contribution >= 4 is 11.5 Å². The van der Waals surface area contributed by atoms with Crippen molar-refractivity contribution in [3.63, 3.8) is 0 Å². The SMILES string of the molecule is CN(CCN)c1c(O[C@H]2CC[C@H](N)CC2)ccc2c1CC(C)(C)c1c(N)ncnc1-2. The predicted molar refractivity (Wildman–Crippen MR) is 122 cm³/mol. The van der Waals surface area contributed by atoms with Gasteiger partial charge in [-0.25, -0.2) is 9.97 Å². The molecule has 0 bridgehead atoms. The third kappa shape index (κ3) is 3.72. The number of likely N-dealkylation sites (N-methyl/N-ethyl adjacent to an activating group) is 1. The maximum atomic E-state index is 6.55. The monoisotopic (exact) mass is 410 g/mol. The molecule has 0 saturated heterocycles. The fraction of sp³-hybridized carbons (Fsp3) is 0.565. The molecule has 6 N–H and O–H groups in total. The first-order valence-electron chi connectivity index (χ1n) is 10.9. The second kappa shape index (κ2) is 8.04. The third-order valence-electron chi connectivity index (χ3n) is 6.53. The fourth-order valence-electron chi connectivity index (χ4n) is 5.02. The van der Waals surface area contributed by atoms with E-state index in [1.165, 1.54) is 5.56 Å². The number of rotatable bonds is 5. The number of anilines is 2. The van der Waals surface area contributed by atoms with E-state index in [4.69, 9.17) is 21.9 Å². The Morgan fingerprint density at radius 2 is 1.90 bits per heavy atom. The van der Waals surface area contributed by atoms with Crippen molar-refractivity contribution in [1.29, 1.82) is 0 Å². The summed E-state index contributed by atoms with van der Waals surface area (Å²) in [6.45, 7) is 5.74. The third-order valence-corrected chi connectivity index (χ3v) is 6.53. The summed E-state index contributed by atoms with van der Waals surface area (Å²) < 4.78 is 6.55. The number of ether oxygens (including phenoxy) is 1. The molecule has 2 aliphatic carbocycles. The first-order valence-corrected chi connectivity index (χ1v) is 10.9. The summed E-state index contributed by atoms with van der Waals surface area (Å²) >= 11 is 0. The van der Waals surface area contributed by atoms with Crippen LogP contribution in [0, 0.1) is 0 Å². The number of benzene rings is 1. The molecule has 162 valence electrons. The van der Waals surface area contributed by atoms with E-state index in [-0.39, 0.29) is 11.5 Å². The van der Waals surface area contributed by atoms with Crippen molar-refractivity contribution in [2.45, 2.75) is 63.5 Å². The predicted octanol–water partition coefficient (Wildman–Crippen LogP) is 2.60. The van der Waals surface area contributed by atoms with Crippen LogP contribution in [0.1, 0.15) is 50.7 Å². The van der Waals surface area contributed by atoms with Crippen LogP contribution in [-0.4, -0.2) is 42.3 Å². The molecule has 0 spiro atoms. The molecule has 0 amide bonds. The largest absolute Gasteiger partial charge is 0.488 e. The first-order chi connectivity index (χ1) is 14.3. The number of nitrogens with zero attached hydrogens (tertiary/aromatic N) is 3. The molecule has 1 fully saturated rings. The minimum absolute atomic E-state index is 0.178. The van der Waals surface area contributed by atoms with Gasteiger partial charge in [-0.1, -0.05) is 13.8 Å². The van der Waals surface area contributed by atoms with Crippen LogP contribution in [-0.2, 0) is 11.8 Å². The molecular weight excluding hydrogens is 376 g/mol. The maximum absolute atomic E-state index is 6.55. The van der Waals surface area contributed by atoms with Crippen LogP contribution in [0.3, 0.4) is 0 Å². The molecule has 0 unspecified atom stereocenters. The number of aromatic nitrogens is 2. The molecule has 0 radical (unpaired) electrons. The summed E-state index contributed by atoms with van der Waals surface area (Å²) in [4.78, 5) is 11.1. The summed E-state index contributed by atoms with van der Waals surface area (Å²) in [6, 6.07) is 4.51. The Balaban J connectivity index is 1.81. The number of hydrogen-bond acceptors (Lipinski definition) is 7. The number of nitrogen functional groups attached to an aromatic ring is 1. The average Bonchev–Trinajstić information content (AvgIpc) is 2.69. The van der Waals surface area contributed by atoms with Gasteiger partial charge in [0.2, 0.25) is 0 Å². The number of nitrogens with two attached hydrogens (primary N) is 3. The van der Waals surface area contributed by atoms with Crippen LogP contribution in [0.15, 0.2) is 18.5 Å². The summed E-state index contributed by atoms with van der Waals surface area (Å²) in [5.41, 5.74) is 23.5. The van der Waals surface area contributed by atoms with Gasteiger partial charge in [-0.15, -0.1) is 0 Å². The van der Waals surface area contributed by atoms with Gasteiger partial charge in [0.25, 0.3) is 0 Å². The molecule has 0 aliphatic heterocycles. The van der Waals surface area contributed by atoms with E-state index < -0.39 is 0 Å². The Hall–Kier alpha value is -2.38. The van der Waals surface area contributed by atoms with Gasteiger partial charge in [0.05, 0.1) is 17.5 Å². The average molecular weight is 411 g/mol. The lowest BCUT2D eigenvalue weighted by atomic mass is 9.71. The van der Waals surface area contributed by atoms with Gasteiger partial charge in [-0.3, -0.25) is 0 Å². The molecular formula is C23H34N6O. The number of hydrogen-bond donors (Lipinski definition) is 3. The Labute approximate surface area is 179 Å². The maximum Gasteiger partial charge on any atom is 0.143 e. The van der Waals surface area contributed by atoms with E-state index in [9.17, 15) is 0 Å². The lowest BCUT2D eigenvalue weighted by Crippen LogP contribution is -2.34. The zero-order valence-electron chi connectivity index (χ0n) is 18.3. The van der Waals surface area contributed by atoms with Gasteiger partial charge < -0.3 is 26.8 Å². The molecule has 2 aromatic rings. The minimum Gasteiger partial charge on any atom is -0.488 e. The molecule has 7 nitrogen and oxygen atoms in total. The van der Waals surface area contributed by atoms with Crippen LogP contribution in [0.25, 0.3) is 11.3 Å². The Bertz CT molecular complexity index is 920. The lowest BCUT2D eigenvalue weighted by Gasteiger charge is -2.37. The van der Waals surface area contributed by atoms with E-state index in [0.29, 0.717) is 18.4 Å². The van der Waals surface area contributed by atoms with Crippen LogP contribution < -0.4 is 26.8 Å². The molecule has 1 heterocycles. The molecule has 1 aromatic heterocycles. The normalized spacial score (nSPS) is 22.2. The van der Waals surface area contributed by atoms with Crippen molar-refractivity contribution < 1.29 is 4.74 Å². The number of fused-ring (bicyclic) bond motifs is 3. The van der Waals surface area contributed by atoms with Crippen molar-refractivity contribution in [2.24, 2.45) is 11.5 Å². The van der Waals surface area contributed by atoms with E-state index in [1.807, 2.05) is 0 Å². The van der Waals surface area contributed by atoms with Crippen molar-refractivity contribution in [3.05, 3.63) is 29.6 Å². The van der Waals surface area contributed by atoms with E-state index in [0.717, 1.165) is 66.9 Å². The second-order valence-electron chi connectivity index (χ2n) is 9.35. The summed E-state index contributed by atoms with van der Waals surface area (Å²) in [5, 5.41) is 0. The van der Waals surface area contributed by atoms with Gasteiger partial charge in [0.1, 0.15) is 17.9 Å². The highest BCUT2D eigenvalue weighted by Gasteiger charge is 2.37. The standard InChI is InChI=1S/C23H34N6O/c1-23(2)12-17-16(20-19(23)22(26)28-13-27-20)8-9-18(21(17)29(3)11-10-24)30-15-6-4-14(25)5-7-15/h8-9,13-15H,4-7,10-12,24-25H2,1-3H3,(H2,26,27,28)/t14-,15-. The molecule has 2 aliphatic rings. The topological polar surface area (TPSA) is 116 Å². The van der Waals surface area contributed by atoms with Crippen LogP contribution in [0.5, 0.6) is 5.75 Å². The second-order valence-corrected chi connectivity index (χ2v) is 9.35. The van der Waals surface area contributed by atoms with Crippen molar-refractivity contribution in [2.75, 3.05) is 30.8 Å². The molecule has 0 atom stereocenters. The zero-order valence-corrected chi connectivity index (χ0v) is 18.3. The molecule has 30 heavy (non-hydrogen) atoms. The molecule has 7 heteroatoms. The molecule has 4 rings (SSSR count). The lowest BCUT2D eigenvalue weighted by molar-refractivity contribution is 0.147.